The fourth-order valence-corrected chi connectivity index (χ4v) is 4.55. The van der Waals surface area contributed by atoms with Crippen molar-refractivity contribution >= 4 is 27.9 Å². The van der Waals surface area contributed by atoms with E-state index < -0.39 is 27.5 Å². The summed E-state index contributed by atoms with van der Waals surface area (Å²) in [5.41, 5.74) is -0.0524. The summed E-state index contributed by atoms with van der Waals surface area (Å²) >= 11 is 0. The van der Waals surface area contributed by atoms with Crippen molar-refractivity contribution in [3.63, 3.8) is 0 Å². The zero-order valence-corrected chi connectivity index (χ0v) is 17.1. The molecule has 3 rings (SSSR count). The lowest BCUT2D eigenvalue weighted by atomic mass is 9.73. The van der Waals surface area contributed by atoms with Crippen LogP contribution in [-0.4, -0.2) is 49.8 Å². The molecule has 1 aromatic rings. The van der Waals surface area contributed by atoms with Crippen LogP contribution >= 0.6 is 0 Å². The van der Waals surface area contributed by atoms with Gasteiger partial charge in [0.25, 0.3) is 5.91 Å². The van der Waals surface area contributed by atoms with Gasteiger partial charge in [0.15, 0.2) is 0 Å². The Bertz CT molecular complexity index is 915. The lowest BCUT2D eigenvalue weighted by molar-refractivity contribution is -0.137. The molecule has 0 bridgehead atoms. The third-order valence-electron chi connectivity index (χ3n) is 5.79. The molecule has 0 unspecified atom stereocenters. The summed E-state index contributed by atoms with van der Waals surface area (Å²) in [6.45, 7) is 1.93. The Kier molecular flexibility index (Phi) is 5.95. The van der Waals surface area contributed by atoms with Gasteiger partial charge in [-0.25, -0.2) is 18.4 Å². The van der Waals surface area contributed by atoms with Crippen molar-refractivity contribution in [2.75, 3.05) is 13.1 Å². The Balaban J connectivity index is 1.52. The Labute approximate surface area is 170 Å². The summed E-state index contributed by atoms with van der Waals surface area (Å²) in [4.78, 5) is 38.4. The van der Waals surface area contributed by atoms with Crippen LogP contribution in [0, 0.1) is 5.92 Å². The predicted molar refractivity (Wildman–Crippen MR) is 105 cm³/mol. The van der Waals surface area contributed by atoms with Gasteiger partial charge in [0.05, 0.1) is 4.90 Å². The van der Waals surface area contributed by atoms with Crippen LogP contribution in [0.1, 0.15) is 38.2 Å². The van der Waals surface area contributed by atoms with E-state index in [1.165, 1.54) is 12.1 Å². The number of hydrogen-bond acceptors (Lipinski definition) is 5. The lowest BCUT2D eigenvalue weighted by Gasteiger charge is -2.36. The first-order valence-corrected chi connectivity index (χ1v) is 11.2. The summed E-state index contributed by atoms with van der Waals surface area (Å²) in [5.74, 6) is -0.695. The molecular weight excluding hydrogens is 396 g/mol. The van der Waals surface area contributed by atoms with Crippen LogP contribution in [0.3, 0.4) is 0 Å². The van der Waals surface area contributed by atoms with E-state index in [0.717, 1.165) is 29.7 Å². The fourth-order valence-electron chi connectivity index (χ4n) is 4.03. The maximum atomic E-state index is 12.9. The highest BCUT2D eigenvalue weighted by atomic mass is 32.2. The minimum absolute atomic E-state index is 0.0229. The second kappa shape index (κ2) is 8.11. The number of amides is 4. The van der Waals surface area contributed by atoms with Crippen LogP contribution in [0.4, 0.5) is 4.79 Å². The quantitative estimate of drug-likeness (QED) is 0.573. The number of benzene rings is 1. The maximum absolute atomic E-state index is 12.9. The highest BCUT2D eigenvalue weighted by Crippen LogP contribution is 2.38. The van der Waals surface area contributed by atoms with Crippen LogP contribution in [0.2, 0.25) is 0 Å². The van der Waals surface area contributed by atoms with E-state index in [-0.39, 0.29) is 23.3 Å². The van der Waals surface area contributed by atoms with Gasteiger partial charge in [0.1, 0.15) is 12.1 Å². The highest BCUT2D eigenvalue weighted by Gasteiger charge is 2.55. The van der Waals surface area contributed by atoms with E-state index >= 15 is 0 Å². The Morgan fingerprint density at radius 2 is 1.97 bits per heavy atom. The number of nitrogens with zero attached hydrogens (tertiary/aromatic N) is 1. The van der Waals surface area contributed by atoms with Crippen molar-refractivity contribution in [3.05, 3.63) is 29.8 Å². The lowest BCUT2D eigenvalue weighted by Crippen LogP contribution is -2.54. The average Bonchev–Trinajstić information content (AvgIpc) is 2.89. The molecule has 0 radical (unpaired) electrons. The van der Waals surface area contributed by atoms with Crippen LogP contribution in [0.25, 0.3) is 0 Å². The number of nitrogens with two attached hydrogens (primary N) is 1. The number of urea groups is 1. The molecule has 1 aliphatic heterocycles. The summed E-state index contributed by atoms with van der Waals surface area (Å²) in [5, 5.41) is 10.6. The van der Waals surface area contributed by atoms with Gasteiger partial charge in [0, 0.05) is 6.54 Å². The van der Waals surface area contributed by atoms with Crippen LogP contribution in [-0.2, 0) is 26.0 Å². The van der Waals surface area contributed by atoms with Gasteiger partial charge in [-0.1, -0.05) is 31.9 Å². The molecule has 1 saturated carbocycles. The molecule has 1 saturated heterocycles. The molecule has 1 spiro atoms. The van der Waals surface area contributed by atoms with E-state index in [2.05, 4.69) is 10.6 Å². The number of sulfonamides is 1. The van der Waals surface area contributed by atoms with Crippen molar-refractivity contribution in [2.45, 2.75) is 49.5 Å². The van der Waals surface area contributed by atoms with Crippen molar-refractivity contribution in [1.82, 2.24) is 15.5 Å². The summed E-state index contributed by atoms with van der Waals surface area (Å²) in [6, 6.07) is 5.54. The average molecular weight is 423 g/mol. The summed E-state index contributed by atoms with van der Waals surface area (Å²) < 4.78 is 22.5. The minimum atomic E-state index is -3.74. The number of carbonyl (C=O) groups excluding carboxylic acids is 3. The van der Waals surface area contributed by atoms with Gasteiger partial charge in [-0.3, -0.25) is 14.5 Å². The molecule has 1 aromatic carbocycles. The molecule has 2 aliphatic rings. The number of carbonyl (C=O) groups is 3. The standard InChI is InChI=1S/C19H26N4O5S/c1-13-4-2-3-10-19(13)17(25)23(18(26)22-19)12-16(24)21-11-9-14-5-7-15(8-6-14)29(20,27)28/h5-8,13H,2-4,9-12H2,1H3,(H,21,24)(H,22,26)(H2,20,27,28)/t13-,19+/m1/s1. The van der Waals surface area contributed by atoms with E-state index in [0.29, 0.717) is 19.4 Å². The second-order valence-corrected chi connectivity index (χ2v) is 9.29. The smallest absolute Gasteiger partial charge is 0.325 e. The van der Waals surface area contributed by atoms with Gasteiger partial charge >= 0.3 is 6.03 Å². The van der Waals surface area contributed by atoms with Crippen molar-refractivity contribution in [3.8, 4) is 0 Å². The molecular formula is C19H26N4O5S. The molecule has 2 fully saturated rings. The molecule has 158 valence electrons. The number of rotatable bonds is 6. The predicted octanol–water partition coefficient (Wildman–Crippen LogP) is 0.493. The molecule has 9 nitrogen and oxygen atoms in total. The van der Waals surface area contributed by atoms with E-state index in [1.807, 2.05) is 6.92 Å². The monoisotopic (exact) mass is 422 g/mol. The summed E-state index contributed by atoms with van der Waals surface area (Å²) in [6.07, 6.45) is 3.85. The summed E-state index contributed by atoms with van der Waals surface area (Å²) in [7, 11) is -3.74. The first kappa shape index (κ1) is 21.3. The molecule has 1 heterocycles. The number of nitrogens with one attached hydrogen (secondary N) is 2. The maximum Gasteiger partial charge on any atom is 0.325 e. The second-order valence-electron chi connectivity index (χ2n) is 7.73. The highest BCUT2D eigenvalue weighted by molar-refractivity contribution is 7.89. The number of imide groups is 1. The van der Waals surface area contributed by atoms with Gasteiger partial charge in [-0.15, -0.1) is 0 Å². The van der Waals surface area contributed by atoms with Gasteiger partial charge in [-0.05, 0) is 42.9 Å². The molecule has 4 amide bonds. The topological polar surface area (TPSA) is 139 Å². The fraction of sp³-hybridized carbons (Fsp3) is 0.526. The molecule has 10 heteroatoms. The van der Waals surface area contributed by atoms with Crippen LogP contribution < -0.4 is 15.8 Å². The molecule has 2 atom stereocenters. The van der Waals surface area contributed by atoms with Gasteiger partial charge in [0.2, 0.25) is 15.9 Å². The van der Waals surface area contributed by atoms with Crippen molar-refractivity contribution in [2.24, 2.45) is 11.1 Å². The first-order valence-electron chi connectivity index (χ1n) is 9.66. The number of primary sulfonamides is 1. The Hall–Kier alpha value is -2.46. The Morgan fingerprint density at radius 3 is 2.59 bits per heavy atom. The third-order valence-corrected chi connectivity index (χ3v) is 6.72. The third kappa shape index (κ3) is 4.43. The largest absolute Gasteiger partial charge is 0.354 e. The van der Waals surface area contributed by atoms with Crippen LogP contribution in [0.15, 0.2) is 29.2 Å². The molecule has 4 N–H and O–H groups in total. The zero-order valence-electron chi connectivity index (χ0n) is 16.3. The van der Waals surface area contributed by atoms with Crippen molar-refractivity contribution < 1.29 is 22.8 Å². The van der Waals surface area contributed by atoms with Crippen molar-refractivity contribution in [1.29, 1.82) is 0 Å². The first-order chi connectivity index (χ1) is 13.6. The van der Waals surface area contributed by atoms with Gasteiger partial charge in [-0.2, -0.15) is 0 Å². The minimum Gasteiger partial charge on any atom is -0.354 e. The molecule has 29 heavy (non-hydrogen) atoms. The number of hydrogen-bond donors (Lipinski definition) is 3. The van der Waals surface area contributed by atoms with Crippen LogP contribution in [0.5, 0.6) is 0 Å². The molecule has 0 aromatic heterocycles. The van der Waals surface area contributed by atoms with E-state index in [1.54, 1.807) is 12.1 Å². The SMILES string of the molecule is C[C@@H]1CCCC[C@]12NC(=O)N(CC(=O)NCCc1ccc(S(N)(=O)=O)cc1)C2=O. The zero-order chi connectivity index (χ0) is 21.2. The Morgan fingerprint density at radius 1 is 1.28 bits per heavy atom. The van der Waals surface area contributed by atoms with E-state index in [9.17, 15) is 22.8 Å². The molecule has 1 aliphatic carbocycles. The van der Waals surface area contributed by atoms with E-state index in [4.69, 9.17) is 5.14 Å². The van der Waals surface area contributed by atoms with Gasteiger partial charge < -0.3 is 10.6 Å². The normalized spacial score (nSPS) is 24.6.